The molecule has 2 aliphatic rings. The third-order valence-corrected chi connectivity index (χ3v) is 4.47. The summed E-state index contributed by atoms with van der Waals surface area (Å²) in [5.74, 6) is -0.0285. The van der Waals surface area contributed by atoms with Crippen LogP contribution < -0.4 is 0 Å². The molecule has 98 valence electrons. The van der Waals surface area contributed by atoms with Crippen LogP contribution in [0, 0.1) is 16.2 Å². The molecule has 2 rings (SSSR count). The van der Waals surface area contributed by atoms with Crippen LogP contribution in [0.2, 0.25) is 0 Å². The van der Waals surface area contributed by atoms with Gasteiger partial charge in [-0.2, -0.15) is 0 Å². The highest BCUT2D eigenvalue weighted by molar-refractivity contribution is 5.76. The van der Waals surface area contributed by atoms with Gasteiger partial charge in [0.1, 0.15) is 0 Å². The number of hydrogen-bond acceptors (Lipinski definition) is 3. The fraction of sp³-hybridized carbons (Fsp3) is 0.929. The Bertz CT molecular complexity index is 321. The molecule has 3 heteroatoms. The Kier molecular flexibility index (Phi) is 2.81. The van der Waals surface area contributed by atoms with E-state index >= 15 is 0 Å². The van der Waals surface area contributed by atoms with Crippen LogP contribution in [0.15, 0.2) is 0 Å². The van der Waals surface area contributed by atoms with Crippen LogP contribution in [0.4, 0.5) is 0 Å². The number of esters is 1. The molecule has 1 aliphatic heterocycles. The second-order valence-corrected chi connectivity index (χ2v) is 7.38. The molecule has 1 saturated heterocycles. The minimum Gasteiger partial charge on any atom is -0.469 e. The van der Waals surface area contributed by atoms with Gasteiger partial charge in [0.15, 0.2) is 0 Å². The fourth-order valence-corrected chi connectivity index (χ4v) is 5.08. The highest BCUT2D eigenvalue weighted by Gasteiger charge is 2.55. The van der Waals surface area contributed by atoms with Gasteiger partial charge in [-0.25, -0.2) is 0 Å². The zero-order valence-corrected chi connectivity index (χ0v) is 11.8. The normalized spacial score (nSPS) is 46.6. The first-order valence-electron chi connectivity index (χ1n) is 6.47. The molecule has 1 heterocycles. The molecule has 17 heavy (non-hydrogen) atoms. The lowest BCUT2D eigenvalue weighted by molar-refractivity contribution is -0.166. The minimum atomic E-state index is -0.294. The predicted octanol–water partition coefficient (Wildman–Crippen LogP) is 2.31. The van der Waals surface area contributed by atoms with E-state index in [1.807, 2.05) is 0 Å². The molecule has 0 aromatic rings. The minimum absolute atomic E-state index is 0.0285. The van der Waals surface area contributed by atoms with Gasteiger partial charge in [-0.15, -0.1) is 0 Å². The van der Waals surface area contributed by atoms with Crippen LogP contribution in [0.25, 0.3) is 0 Å². The lowest BCUT2D eigenvalue weighted by atomic mass is 9.52. The van der Waals surface area contributed by atoms with Gasteiger partial charge >= 0.3 is 5.97 Å². The summed E-state index contributed by atoms with van der Waals surface area (Å²) in [4.78, 5) is 14.5. The zero-order chi connectivity index (χ0) is 12.9. The molecular formula is C14H25NO2. The summed E-state index contributed by atoms with van der Waals surface area (Å²) in [5.41, 5.74) is 0.212. The van der Waals surface area contributed by atoms with Crippen molar-refractivity contribution in [1.29, 1.82) is 0 Å². The SMILES string of the molecule is COC(=O)C1(C)C[C@]2(C)CN(C)C[C@](C)(C1)C2. The Labute approximate surface area is 105 Å². The van der Waals surface area contributed by atoms with E-state index < -0.39 is 0 Å². The molecule has 0 spiro atoms. The third kappa shape index (κ3) is 2.22. The van der Waals surface area contributed by atoms with Gasteiger partial charge in [-0.05, 0) is 44.1 Å². The van der Waals surface area contributed by atoms with E-state index in [9.17, 15) is 4.79 Å². The smallest absolute Gasteiger partial charge is 0.311 e. The van der Waals surface area contributed by atoms with Gasteiger partial charge in [-0.1, -0.05) is 13.8 Å². The number of carbonyl (C=O) groups excluding carboxylic acids is 1. The Hall–Kier alpha value is -0.570. The molecule has 0 radical (unpaired) electrons. The number of carbonyl (C=O) groups is 1. The summed E-state index contributed by atoms with van der Waals surface area (Å²) in [6.07, 6.45) is 3.14. The summed E-state index contributed by atoms with van der Waals surface area (Å²) in [6, 6.07) is 0. The maximum absolute atomic E-state index is 12.0. The fourth-order valence-electron chi connectivity index (χ4n) is 5.08. The second-order valence-electron chi connectivity index (χ2n) is 7.38. The molecule has 1 aliphatic carbocycles. The monoisotopic (exact) mass is 239 g/mol. The van der Waals surface area contributed by atoms with Crippen molar-refractivity contribution in [3.8, 4) is 0 Å². The van der Waals surface area contributed by atoms with Gasteiger partial charge in [0.25, 0.3) is 0 Å². The Morgan fingerprint density at radius 3 is 1.94 bits per heavy atom. The molecular weight excluding hydrogens is 214 g/mol. The standard InChI is InChI=1S/C14H25NO2/c1-12-6-13(2,10-15(4)9-12)8-14(3,7-12)11(16)17-5/h6-10H2,1-5H3/t12-,13+,14?. The molecule has 0 amide bonds. The highest BCUT2D eigenvalue weighted by Crippen LogP contribution is 2.57. The number of hydrogen-bond donors (Lipinski definition) is 0. The molecule has 2 bridgehead atoms. The van der Waals surface area contributed by atoms with Crippen molar-refractivity contribution < 1.29 is 9.53 Å². The van der Waals surface area contributed by atoms with Crippen LogP contribution in [0.5, 0.6) is 0 Å². The molecule has 3 nitrogen and oxygen atoms in total. The number of rotatable bonds is 1. The topological polar surface area (TPSA) is 29.5 Å². The van der Waals surface area contributed by atoms with E-state index in [0.29, 0.717) is 0 Å². The van der Waals surface area contributed by atoms with Crippen molar-refractivity contribution in [1.82, 2.24) is 4.90 Å². The molecule has 1 saturated carbocycles. The number of ether oxygens (including phenoxy) is 1. The average molecular weight is 239 g/mol. The van der Waals surface area contributed by atoms with Gasteiger partial charge in [-0.3, -0.25) is 4.79 Å². The van der Waals surface area contributed by atoms with Crippen molar-refractivity contribution in [2.24, 2.45) is 16.2 Å². The van der Waals surface area contributed by atoms with Gasteiger partial charge in [0.05, 0.1) is 12.5 Å². The zero-order valence-electron chi connectivity index (χ0n) is 11.8. The molecule has 3 atom stereocenters. The maximum atomic E-state index is 12.0. The van der Waals surface area contributed by atoms with E-state index in [0.717, 1.165) is 25.9 Å². The van der Waals surface area contributed by atoms with E-state index in [2.05, 4.69) is 32.7 Å². The van der Waals surface area contributed by atoms with Gasteiger partial charge < -0.3 is 9.64 Å². The molecule has 0 aromatic heterocycles. The van der Waals surface area contributed by atoms with Crippen molar-refractivity contribution in [2.75, 3.05) is 27.2 Å². The maximum Gasteiger partial charge on any atom is 0.311 e. The predicted molar refractivity (Wildman–Crippen MR) is 67.7 cm³/mol. The number of nitrogens with zero attached hydrogens (tertiary/aromatic N) is 1. The quantitative estimate of drug-likeness (QED) is 0.658. The summed E-state index contributed by atoms with van der Waals surface area (Å²) in [6.45, 7) is 8.91. The summed E-state index contributed by atoms with van der Waals surface area (Å²) < 4.78 is 5.02. The molecule has 0 N–H and O–H groups in total. The van der Waals surface area contributed by atoms with Gasteiger partial charge in [0, 0.05) is 13.1 Å². The van der Waals surface area contributed by atoms with Crippen molar-refractivity contribution in [3.05, 3.63) is 0 Å². The summed E-state index contributed by atoms with van der Waals surface area (Å²) >= 11 is 0. The lowest BCUT2D eigenvalue weighted by Crippen LogP contribution is -2.57. The van der Waals surface area contributed by atoms with Crippen LogP contribution in [-0.4, -0.2) is 38.1 Å². The molecule has 0 aromatic carbocycles. The summed E-state index contributed by atoms with van der Waals surface area (Å²) in [7, 11) is 3.70. The van der Waals surface area contributed by atoms with E-state index in [1.54, 1.807) is 0 Å². The lowest BCUT2D eigenvalue weighted by Gasteiger charge is -2.57. The van der Waals surface area contributed by atoms with E-state index in [-0.39, 0.29) is 22.2 Å². The number of methoxy groups -OCH3 is 1. The van der Waals surface area contributed by atoms with Gasteiger partial charge in [0.2, 0.25) is 0 Å². The van der Waals surface area contributed by atoms with Crippen molar-refractivity contribution >= 4 is 5.97 Å². The molecule has 2 fully saturated rings. The average Bonchev–Trinajstić information content (AvgIpc) is 2.10. The van der Waals surface area contributed by atoms with Crippen LogP contribution in [-0.2, 0) is 9.53 Å². The Morgan fingerprint density at radius 2 is 1.53 bits per heavy atom. The number of likely N-dealkylation sites (tertiary alicyclic amines) is 1. The van der Waals surface area contributed by atoms with Crippen LogP contribution >= 0.6 is 0 Å². The summed E-state index contributed by atoms with van der Waals surface area (Å²) in [5, 5.41) is 0. The first-order valence-corrected chi connectivity index (χ1v) is 6.47. The van der Waals surface area contributed by atoms with Crippen LogP contribution in [0.1, 0.15) is 40.0 Å². The molecule has 1 unspecified atom stereocenters. The number of piperidine rings is 1. The largest absolute Gasteiger partial charge is 0.469 e. The Balaban J connectivity index is 2.31. The van der Waals surface area contributed by atoms with Crippen molar-refractivity contribution in [2.45, 2.75) is 40.0 Å². The second kappa shape index (κ2) is 3.71. The first-order chi connectivity index (χ1) is 7.70. The highest BCUT2D eigenvalue weighted by atomic mass is 16.5. The van der Waals surface area contributed by atoms with Crippen molar-refractivity contribution in [3.63, 3.8) is 0 Å². The van der Waals surface area contributed by atoms with E-state index in [4.69, 9.17) is 4.74 Å². The van der Waals surface area contributed by atoms with Crippen LogP contribution in [0.3, 0.4) is 0 Å². The third-order valence-electron chi connectivity index (χ3n) is 4.47. The first kappa shape index (κ1) is 12.9. The van der Waals surface area contributed by atoms with E-state index in [1.165, 1.54) is 13.5 Å². The Morgan fingerprint density at radius 1 is 1.06 bits per heavy atom. The number of fused-ring (bicyclic) bond motifs is 2.